The number of carbonyl (C=O) groups excluding carboxylic acids is 2. The number of halogens is 1. The normalized spacial score (nSPS) is 22.0. The fourth-order valence-electron chi connectivity index (χ4n) is 3.86. The molecule has 1 atom stereocenters. The molecule has 1 spiro atoms. The highest BCUT2D eigenvalue weighted by atomic mass is 19.1. The van der Waals surface area contributed by atoms with Crippen LogP contribution < -0.4 is 5.32 Å². The predicted molar refractivity (Wildman–Crippen MR) is 96.0 cm³/mol. The van der Waals surface area contributed by atoms with Gasteiger partial charge in [0.15, 0.2) is 0 Å². The molecule has 2 aliphatic rings. The topological polar surface area (TPSA) is 58.6 Å². The summed E-state index contributed by atoms with van der Waals surface area (Å²) in [5.74, 6) is -0.963. The first kappa shape index (κ1) is 18.8. The van der Waals surface area contributed by atoms with Gasteiger partial charge in [0, 0.05) is 6.54 Å². The minimum Gasteiger partial charge on any atom is -0.354 e. The smallest absolute Gasteiger partial charge is 0.259 e. The molecule has 0 unspecified atom stereocenters. The Balaban J connectivity index is 1.91. The van der Waals surface area contributed by atoms with Crippen molar-refractivity contribution in [2.45, 2.75) is 57.7 Å². The van der Waals surface area contributed by atoms with Crippen LogP contribution in [-0.2, 0) is 9.53 Å². The summed E-state index contributed by atoms with van der Waals surface area (Å²) in [5.41, 5.74) is -0.804. The lowest BCUT2D eigenvalue weighted by atomic mass is 9.89. The molecule has 2 fully saturated rings. The standard InChI is InChI=1S/C20H27FN2O3/c1-14(2)12-22-18(24)17-13-26-20(10-6-3-7-11-20)23(17)19(25)15-8-4-5-9-16(15)21/h4-5,8-9,14,17H,3,6-7,10-13H2,1-2H3,(H,22,24)/t17-/m1/s1. The van der Waals surface area contributed by atoms with Gasteiger partial charge in [-0.3, -0.25) is 14.5 Å². The van der Waals surface area contributed by atoms with E-state index >= 15 is 0 Å². The molecular weight excluding hydrogens is 335 g/mol. The van der Waals surface area contributed by atoms with Crippen LogP contribution in [0.1, 0.15) is 56.3 Å². The molecule has 2 amide bonds. The number of rotatable bonds is 4. The summed E-state index contributed by atoms with van der Waals surface area (Å²) in [5, 5.41) is 2.89. The molecular formula is C20H27FN2O3. The van der Waals surface area contributed by atoms with Gasteiger partial charge in [-0.1, -0.05) is 32.4 Å². The van der Waals surface area contributed by atoms with Gasteiger partial charge < -0.3 is 10.1 Å². The average Bonchev–Trinajstić information content (AvgIpc) is 2.98. The minimum absolute atomic E-state index is 0.00962. The van der Waals surface area contributed by atoms with Crippen LogP contribution >= 0.6 is 0 Å². The lowest BCUT2D eigenvalue weighted by molar-refractivity contribution is -0.127. The highest BCUT2D eigenvalue weighted by molar-refractivity contribution is 5.98. The maximum Gasteiger partial charge on any atom is 0.259 e. The maximum absolute atomic E-state index is 14.2. The number of hydrogen-bond donors (Lipinski definition) is 1. The zero-order valence-electron chi connectivity index (χ0n) is 15.5. The zero-order valence-corrected chi connectivity index (χ0v) is 15.5. The Morgan fingerprint density at radius 1 is 1.27 bits per heavy atom. The molecule has 0 radical (unpaired) electrons. The first-order valence-corrected chi connectivity index (χ1v) is 9.44. The van der Waals surface area contributed by atoms with E-state index in [0.717, 1.165) is 19.3 Å². The third kappa shape index (κ3) is 3.61. The molecule has 1 aromatic rings. The van der Waals surface area contributed by atoms with Gasteiger partial charge in [0.2, 0.25) is 5.91 Å². The summed E-state index contributed by atoms with van der Waals surface area (Å²) in [7, 11) is 0. The fourth-order valence-corrected chi connectivity index (χ4v) is 3.86. The number of amides is 2. The Labute approximate surface area is 153 Å². The van der Waals surface area contributed by atoms with Crippen molar-refractivity contribution in [2.24, 2.45) is 5.92 Å². The summed E-state index contributed by atoms with van der Waals surface area (Å²) < 4.78 is 20.3. The van der Waals surface area contributed by atoms with E-state index in [4.69, 9.17) is 4.74 Å². The number of nitrogens with zero attached hydrogens (tertiary/aromatic N) is 1. The van der Waals surface area contributed by atoms with Crippen molar-refractivity contribution in [3.05, 3.63) is 35.6 Å². The Morgan fingerprint density at radius 2 is 1.96 bits per heavy atom. The van der Waals surface area contributed by atoms with Crippen LogP contribution in [0.4, 0.5) is 4.39 Å². The van der Waals surface area contributed by atoms with Gasteiger partial charge >= 0.3 is 0 Å². The molecule has 1 N–H and O–H groups in total. The van der Waals surface area contributed by atoms with E-state index in [-0.39, 0.29) is 18.1 Å². The Morgan fingerprint density at radius 3 is 2.62 bits per heavy atom. The quantitative estimate of drug-likeness (QED) is 0.895. The predicted octanol–water partition coefficient (Wildman–Crippen LogP) is 3.10. The molecule has 26 heavy (non-hydrogen) atoms. The second-order valence-electron chi connectivity index (χ2n) is 7.63. The number of ether oxygens (including phenoxy) is 1. The Kier molecular flexibility index (Phi) is 5.61. The number of hydrogen-bond acceptors (Lipinski definition) is 3. The summed E-state index contributed by atoms with van der Waals surface area (Å²) in [4.78, 5) is 27.5. The third-order valence-corrected chi connectivity index (χ3v) is 5.21. The van der Waals surface area contributed by atoms with Gasteiger partial charge in [0.25, 0.3) is 5.91 Å². The molecule has 1 saturated heterocycles. The van der Waals surface area contributed by atoms with E-state index in [1.54, 1.807) is 12.1 Å². The molecule has 3 rings (SSSR count). The molecule has 1 heterocycles. The van der Waals surface area contributed by atoms with E-state index < -0.39 is 23.5 Å². The van der Waals surface area contributed by atoms with Crippen molar-refractivity contribution in [1.82, 2.24) is 10.2 Å². The van der Waals surface area contributed by atoms with Crippen LogP contribution in [0, 0.1) is 11.7 Å². The molecule has 0 bridgehead atoms. The van der Waals surface area contributed by atoms with Crippen LogP contribution in [0.5, 0.6) is 0 Å². The van der Waals surface area contributed by atoms with Gasteiger partial charge in [-0.05, 0) is 43.7 Å². The monoisotopic (exact) mass is 362 g/mol. The number of carbonyl (C=O) groups is 2. The number of nitrogens with one attached hydrogen (secondary N) is 1. The molecule has 0 aromatic heterocycles. The summed E-state index contributed by atoms with van der Waals surface area (Å²) >= 11 is 0. The summed E-state index contributed by atoms with van der Waals surface area (Å²) in [6, 6.07) is 5.20. The SMILES string of the molecule is CC(C)CNC(=O)[C@H]1COC2(CCCCC2)N1C(=O)c1ccccc1F. The molecule has 1 aromatic carbocycles. The van der Waals surface area contributed by atoms with Gasteiger partial charge in [0.05, 0.1) is 12.2 Å². The maximum atomic E-state index is 14.2. The van der Waals surface area contributed by atoms with Crippen molar-refractivity contribution in [1.29, 1.82) is 0 Å². The summed E-state index contributed by atoms with van der Waals surface area (Å²) in [6.45, 7) is 4.71. The van der Waals surface area contributed by atoms with Crippen molar-refractivity contribution in [3.8, 4) is 0 Å². The first-order valence-electron chi connectivity index (χ1n) is 9.44. The van der Waals surface area contributed by atoms with Crippen molar-refractivity contribution >= 4 is 11.8 Å². The average molecular weight is 362 g/mol. The van der Waals surface area contributed by atoms with E-state index in [2.05, 4.69) is 5.32 Å². The third-order valence-electron chi connectivity index (χ3n) is 5.21. The van der Waals surface area contributed by atoms with E-state index in [9.17, 15) is 14.0 Å². The highest BCUT2D eigenvalue weighted by Gasteiger charge is 2.53. The first-order chi connectivity index (χ1) is 12.4. The van der Waals surface area contributed by atoms with E-state index in [1.165, 1.54) is 17.0 Å². The second kappa shape index (κ2) is 7.74. The molecule has 1 saturated carbocycles. The van der Waals surface area contributed by atoms with Crippen LogP contribution in [0.25, 0.3) is 0 Å². The lowest BCUT2D eigenvalue weighted by Gasteiger charge is -2.41. The van der Waals surface area contributed by atoms with Crippen LogP contribution in [0.2, 0.25) is 0 Å². The van der Waals surface area contributed by atoms with E-state index in [1.807, 2.05) is 13.8 Å². The zero-order chi connectivity index (χ0) is 18.7. The second-order valence-corrected chi connectivity index (χ2v) is 7.63. The van der Waals surface area contributed by atoms with Crippen molar-refractivity contribution in [3.63, 3.8) is 0 Å². The highest BCUT2D eigenvalue weighted by Crippen LogP contribution is 2.41. The molecule has 6 heteroatoms. The van der Waals surface area contributed by atoms with Crippen LogP contribution in [0.15, 0.2) is 24.3 Å². The van der Waals surface area contributed by atoms with Gasteiger partial charge in [0.1, 0.15) is 17.6 Å². The molecule has 1 aliphatic carbocycles. The minimum atomic E-state index is -0.794. The Bertz CT molecular complexity index is 671. The van der Waals surface area contributed by atoms with Gasteiger partial charge in [-0.25, -0.2) is 4.39 Å². The fraction of sp³-hybridized carbons (Fsp3) is 0.600. The van der Waals surface area contributed by atoms with Crippen LogP contribution in [-0.4, -0.2) is 41.6 Å². The van der Waals surface area contributed by atoms with Gasteiger partial charge in [-0.2, -0.15) is 0 Å². The number of benzene rings is 1. The summed E-state index contributed by atoms with van der Waals surface area (Å²) in [6.07, 6.45) is 4.31. The van der Waals surface area contributed by atoms with Crippen molar-refractivity contribution < 1.29 is 18.7 Å². The van der Waals surface area contributed by atoms with Crippen LogP contribution in [0.3, 0.4) is 0 Å². The van der Waals surface area contributed by atoms with E-state index in [0.29, 0.717) is 25.3 Å². The Hall–Kier alpha value is -1.95. The largest absolute Gasteiger partial charge is 0.354 e. The van der Waals surface area contributed by atoms with Crippen molar-refractivity contribution in [2.75, 3.05) is 13.2 Å². The van der Waals surface area contributed by atoms with Gasteiger partial charge in [-0.15, -0.1) is 0 Å². The lowest BCUT2D eigenvalue weighted by Crippen LogP contribution is -2.56. The molecule has 142 valence electrons. The molecule has 5 nitrogen and oxygen atoms in total. The molecule has 1 aliphatic heterocycles.